The zero-order chi connectivity index (χ0) is 13.1. The van der Waals surface area contributed by atoms with Crippen LogP contribution >= 0.6 is 23.2 Å². The summed E-state index contributed by atoms with van der Waals surface area (Å²) >= 11 is 11.5. The fraction of sp³-hybridized carbons (Fsp3) is 0. The van der Waals surface area contributed by atoms with Gasteiger partial charge >= 0.3 is 0 Å². The molecule has 5 nitrogen and oxygen atoms in total. The molecule has 4 N–H and O–H groups in total. The van der Waals surface area contributed by atoms with Crippen molar-refractivity contribution in [1.82, 2.24) is 9.97 Å². The standard InChI is InChI=1S/C11H9Cl2N5/c12-9-4-10(18-11(13)17-9)16-7-1-2-8(15)6(3-7)5-14/h1-5,14H,15H2,(H,16,17,18). The van der Waals surface area contributed by atoms with Gasteiger partial charge in [-0.3, -0.25) is 0 Å². The van der Waals surface area contributed by atoms with Gasteiger partial charge in [0.15, 0.2) is 0 Å². The van der Waals surface area contributed by atoms with Crippen LogP contribution in [0, 0.1) is 5.41 Å². The molecule has 92 valence electrons. The molecule has 0 fully saturated rings. The Kier molecular flexibility index (Phi) is 3.64. The SMILES string of the molecule is N=Cc1cc(Nc2cc(Cl)nc(Cl)n2)ccc1N. The van der Waals surface area contributed by atoms with Gasteiger partial charge in [0.25, 0.3) is 0 Å². The Morgan fingerprint density at radius 3 is 2.67 bits per heavy atom. The summed E-state index contributed by atoms with van der Waals surface area (Å²) in [6, 6.07) is 6.75. The minimum Gasteiger partial charge on any atom is -0.398 e. The highest BCUT2D eigenvalue weighted by Gasteiger charge is 2.03. The Morgan fingerprint density at radius 1 is 1.22 bits per heavy atom. The van der Waals surface area contributed by atoms with E-state index in [4.69, 9.17) is 34.3 Å². The molecule has 2 aromatic rings. The van der Waals surface area contributed by atoms with E-state index in [1.807, 2.05) is 0 Å². The lowest BCUT2D eigenvalue weighted by molar-refractivity contribution is 1.17. The van der Waals surface area contributed by atoms with Crippen molar-refractivity contribution in [3.8, 4) is 0 Å². The molecular formula is C11H9Cl2N5. The number of hydrogen-bond donors (Lipinski definition) is 3. The average molecular weight is 282 g/mol. The topological polar surface area (TPSA) is 87.7 Å². The van der Waals surface area contributed by atoms with E-state index in [1.165, 1.54) is 6.21 Å². The van der Waals surface area contributed by atoms with Crippen molar-refractivity contribution in [3.63, 3.8) is 0 Å². The maximum atomic E-state index is 7.23. The first-order chi connectivity index (χ1) is 8.58. The molecule has 18 heavy (non-hydrogen) atoms. The second kappa shape index (κ2) is 5.20. The van der Waals surface area contributed by atoms with Gasteiger partial charge in [-0.05, 0) is 29.8 Å². The van der Waals surface area contributed by atoms with Crippen LogP contribution in [-0.4, -0.2) is 16.2 Å². The van der Waals surface area contributed by atoms with Gasteiger partial charge in [0, 0.05) is 29.2 Å². The predicted octanol–water partition coefficient (Wildman–Crippen LogP) is 3.11. The zero-order valence-corrected chi connectivity index (χ0v) is 10.6. The molecule has 1 heterocycles. The van der Waals surface area contributed by atoms with E-state index in [1.54, 1.807) is 24.3 Å². The van der Waals surface area contributed by atoms with Gasteiger partial charge in [-0.2, -0.15) is 0 Å². The summed E-state index contributed by atoms with van der Waals surface area (Å²) in [4.78, 5) is 7.72. The molecule has 0 unspecified atom stereocenters. The van der Waals surface area contributed by atoms with E-state index in [0.29, 0.717) is 17.1 Å². The van der Waals surface area contributed by atoms with Crippen molar-refractivity contribution in [2.45, 2.75) is 0 Å². The lowest BCUT2D eigenvalue weighted by atomic mass is 10.2. The number of nitrogens with one attached hydrogen (secondary N) is 2. The number of aromatic nitrogens is 2. The zero-order valence-electron chi connectivity index (χ0n) is 9.11. The number of benzene rings is 1. The first kappa shape index (κ1) is 12.6. The maximum absolute atomic E-state index is 7.23. The van der Waals surface area contributed by atoms with Crippen LogP contribution < -0.4 is 11.1 Å². The molecule has 0 saturated carbocycles. The summed E-state index contributed by atoms with van der Waals surface area (Å²) in [5.41, 5.74) is 7.58. The van der Waals surface area contributed by atoms with E-state index >= 15 is 0 Å². The molecule has 7 heteroatoms. The van der Waals surface area contributed by atoms with Crippen LogP contribution in [0.25, 0.3) is 0 Å². The average Bonchev–Trinajstić information content (AvgIpc) is 2.30. The number of hydrogen-bond acceptors (Lipinski definition) is 5. The summed E-state index contributed by atoms with van der Waals surface area (Å²) in [6.07, 6.45) is 1.18. The van der Waals surface area contributed by atoms with Crippen LogP contribution in [0.1, 0.15) is 5.56 Å². The highest BCUT2D eigenvalue weighted by Crippen LogP contribution is 2.21. The van der Waals surface area contributed by atoms with Crippen LogP contribution in [0.3, 0.4) is 0 Å². The van der Waals surface area contributed by atoms with Crippen LogP contribution in [-0.2, 0) is 0 Å². The molecule has 0 amide bonds. The Balaban J connectivity index is 2.31. The van der Waals surface area contributed by atoms with E-state index in [2.05, 4.69) is 15.3 Å². The highest BCUT2D eigenvalue weighted by atomic mass is 35.5. The van der Waals surface area contributed by atoms with Crippen molar-refractivity contribution >= 4 is 46.6 Å². The third kappa shape index (κ3) is 2.88. The van der Waals surface area contributed by atoms with E-state index in [-0.39, 0.29) is 10.4 Å². The van der Waals surface area contributed by atoms with Crippen LogP contribution in [0.2, 0.25) is 10.4 Å². The fourth-order valence-corrected chi connectivity index (χ4v) is 1.79. The Morgan fingerprint density at radius 2 is 2.00 bits per heavy atom. The maximum Gasteiger partial charge on any atom is 0.225 e. The predicted molar refractivity (Wildman–Crippen MR) is 74.1 cm³/mol. The minimum atomic E-state index is 0.0627. The second-order valence-electron chi connectivity index (χ2n) is 3.46. The quantitative estimate of drug-likeness (QED) is 0.349. The van der Waals surface area contributed by atoms with Crippen LogP contribution in [0.4, 0.5) is 17.2 Å². The fourth-order valence-electron chi connectivity index (χ4n) is 1.38. The van der Waals surface area contributed by atoms with E-state index < -0.39 is 0 Å². The van der Waals surface area contributed by atoms with E-state index in [0.717, 1.165) is 5.69 Å². The summed E-state index contributed by atoms with van der Waals surface area (Å²) in [5, 5.41) is 10.6. The van der Waals surface area contributed by atoms with Crippen LogP contribution in [0.5, 0.6) is 0 Å². The highest BCUT2D eigenvalue weighted by molar-refractivity contribution is 6.32. The summed E-state index contributed by atoms with van der Waals surface area (Å²) in [7, 11) is 0. The first-order valence-electron chi connectivity index (χ1n) is 4.95. The third-order valence-corrected chi connectivity index (χ3v) is 2.54. The molecule has 0 bridgehead atoms. The second-order valence-corrected chi connectivity index (χ2v) is 4.18. The number of anilines is 3. The molecule has 0 saturated heterocycles. The van der Waals surface area contributed by atoms with Crippen molar-refractivity contribution in [2.75, 3.05) is 11.1 Å². The van der Waals surface area contributed by atoms with Gasteiger partial charge < -0.3 is 16.5 Å². The Labute approximate surface area is 113 Å². The molecule has 0 aliphatic carbocycles. The summed E-state index contributed by atoms with van der Waals surface area (Å²) < 4.78 is 0. The number of halogens is 2. The van der Waals surface area contributed by atoms with Crippen molar-refractivity contribution in [2.24, 2.45) is 0 Å². The largest absolute Gasteiger partial charge is 0.398 e. The number of nitrogen functional groups attached to an aromatic ring is 1. The lowest BCUT2D eigenvalue weighted by Gasteiger charge is -2.08. The molecule has 0 aliphatic heterocycles. The van der Waals surface area contributed by atoms with Gasteiger partial charge in [0.2, 0.25) is 5.28 Å². The Hall–Kier alpha value is -1.85. The molecule has 0 spiro atoms. The van der Waals surface area contributed by atoms with Gasteiger partial charge in [0.05, 0.1) is 0 Å². The first-order valence-corrected chi connectivity index (χ1v) is 5.71. The van der Waals surface area contributed by atoms with Gasteiger partial charge in [0.1, 0.15) is 11.0 Å². The van der Waals surface area contributed by atoms with Gasteiger partial charge in [-0.15, -0.1) is 0 Å². The Bertz CT molecular complexity index is 580. The number of nitrogens with two attached hydrogens (primary N) is 1. The van der Waals surface area contributed by atoms with Gasteiger partial charge in [-0.25, -0.2) is 9.97 Å². The van der Waals surface area contributed by atoms with Crippen molar-refractivity contribution in [1.29, 1.82) is 5.41 Å². The lowest BCUT2D eigenvalue weighted by Crippen LogP contribution is -1.98. The smallest absolute Gasteiger partial charge is 0.225 e. The molecule has 2 rings (SSSR count). The molecule has 0 aliphatic rings. The minimum absolute atomic E-state index is 0.0627. The monoisotopic (exact) mass is 281 g/mol. The van der Waals surface area contributed by atoms with E-state index in [9.17, 15) is 0 Å². The molecule has 1 aromatic heterocycles. The van der Waals surface area contributed by atoms with Crippen molar-refractivity contribution < 1.29 is 0 Å². The third-order valence-electron chi connectivity index (χ3n) is 2.18. The number of nitrogens with zero attached hydrogens (tertiary/aromatic N) is 2. The summed E-state index contributed by atoms with van der Waals surface area (Å²) in [5.74, 6) is 0.473. The molecule has 0 radical (unpaired) electrons. The normalized spacial score (nSPS) is 10.1. The summed E-state index contributed by atoms with van der Waals surface area (Å²) in [6.45, 7) is 0. The molecule has 1 aromatic carbocycles. The molecule has 0 atom stereocenters. The number of rotatable bonds is 3. The molecular weight excluding hydrogens is 273 g/mol. The van der Waals surface area contributed by atoms with Gasteiger partial charge in [-0.1, -0.05) is 11.6 Å². The van der Waals surface area contributed by atoms with Crippen LogP contribution in [0.15, 0.2) is 24.3 Å². The van der Waals surface area contributed by atoms with Crippen molar-refractivity contribution in [3.05, 3.63) is 40.3 Å².